The van der Waals surface area contributed by atoms with E-state index in [4.69, 9.17) is 10.5 Å². The van der Waals surface area contributed by atoms with Crippen LogP contribution in [0, 0.1) is 6.92 Å². The molecule has 1 aromatic carbocycles. The molecule has 2 aromatic heterocycles. The van der Waals surface area contributed by atoms with Crippen LogP contribution < -0.4 is 10.5 Å². The number of aromatic nitrogens is 3. The highest BCUT2D eigenvalue weighted by atomic mass is 16.5. The maximum absolute atomic E-state index is 6.04. The van der Waals surface area contributed by atoms with E-state index in [1.54, 1.807) is 7.11 Å². The molecule has 0 amide bonds. The number of fused-ring (bicyclic) bond motifs is 1. The number of rotatable bonds is 3. The Labute approximate surface area is 117 Å². The van der Waals surface area contributed by atoms with Gasteiger partial charge >= 0.3 is 0 Å². The number of benzene rings is 1. The standard InChI is InChI=1S/C15H16N4O/c1-10-5-6-19(18-10)9-12-7-11-3-4-13(20-2)8-14(11)17-15(12)16/h3-8H,9H2,1-2H3,(H2,16,17). The van der Waals surface area contributed by atoms with Gasteiger partial charge in [-0.2, -0.15) is 5.10 Å². The van der Waals surface area contributed by atoms with Crippen LogP contribution in [0.5, 0.6) is 5.75 Å². The van der Waals surface area contributed by atoms with Gasteiger partial charge in [-0.15, -0.1) is 0 Å². The van der Waals surface area contributed by atoms with Crippen molar-refractivity contribution in [1.82, 2.24) is 14.8 Å². The molecule has 0 atom stereocenters. The van der Waals surface area contributed by atoms with E-state index >= 15 is 0 Å². The van der Waals surface area contributed by atoms with Crippen LogP contribution in [0.25, 0.3) is 10.9 Å². The van der Waals surface area contributed by atoms with Crippen molar-refractivity contribution < 1.29 is 4.74 Å². The summed E-state index contributed by atoms with van der Waals surface area (Å²) < 4.78 is 7.06. The lowest BCUT2D eigenvalue weighted by Gasteiger charge is -2.08. The zero-order valence-corrected chi connectivity index (χ0v) is 11.5. The molecule has 0 unspecified atom stereocenters. The monoisotopic (exact) mass is 268 g/mol. The molecule has 0 fully saturated rings. The Balaban J connectivity index is 2.01. The lowest BCUT2D eigenvalue weighted by atomic mass is 10.1. The van der Waals surface area contributed by atoms with Crippen molar-refractivity contribution in [2.75, 3.05) is 12.8 Å². The molecule has 20 heavy (non-hydrogen) atoms. The second-order valence-electron chi connectivity index (χ2n) is 4.75. The van der Waals surface area contributed by atoms with Gasteiger partial charge in [0.2, 0.25) is 0 Å². The minimum atomic E-state index is 0.527. The zero-order valence-electron chi connectivity index (χ0n) is 11.5. The van der Waals surface area contributed by atoms with Gasteiger partial charge in [0, 0.05) is 23.2 Å². The molecule has 2 heterocycles. The van der Waals surface area contributed by atoms with Crippen LogP contribution in [-0.4, -0.2) is 21.9 Å². The van der Waals surface area contributed by atoms with E-state index in [-0.39, 0.29) is 0 Å². The summed E-state index contributed by atoms with van der Waals surface area (Å²) in [5, 5.41) is 5.41. The van der Waals surface area contributed by atoms with Crippen LogP contribution in [0.3, 0.4) is 0 Å². The van der Waals surface area contributed by atoms with Crippen LogP contribution in [-0.2, 0) is 6.54 Å². The molecule has 0 saturated heterocycles. The summed E-state index contributed by atoms with van der Waals surface area (Å²) in [7, 11) is 1.64. The van der Waals surface area contributed by atoms with Gasteiger partial charge in [-0.3, -0.25) is 4.68 Å². The third-order valence-electron chi connectivity index (χ3n) is 3.24. The Kier molecular flexibility index (Phi) is 3.02. The Morgan fingerprint density at radius 3 is 2.80 bits per heavy atom. The van der Waals surface area contributed by atoms with Crippen molar-refractivity contribution in [1.29, 1.82) is 0 Å². The number of ether oxygens (including phenoxy) is 1. The normalized spacial score (nSPS) is 10.9. The Morgan fingerprint density at radius 2 is 2.10 bits per heavy atom. The van der Waals surface area contributed by atoms with E-state index in [0.29, 0.717) is 12.4 Å². The first kappa shape index (κ1) is 12.5. The van der Waals surface area contributed by atoms with Gasteiger partial charge in [-0.05, 0) is 31.2 Å². The number of pyridine rings is 1. The summed E-state index contributed by atoms with van der Waals surface area (Å²) in [4.78, 5) is 4.44. The average Bonchev–Trinajstić information content (AvgIpc) is 2.84. The summed E-state index contributed by atoms with van der Waals surface area (Å²) in [5.41, 5.74) is 8.83. The van der Waals surface area contributed by atoms with Gasteiger partial charge < -0.3 is 10.5 Å². The highest BCUT2D eigenvalue weighted by Crippen LogP contribution is 2.23. The molecule has 0 bridgehead atoms. The summed E-state index contributed by atoms with van der Waals surface area (Å²) in [6.45, 7) is 2.58. The minimum absolute atomic E-state index is 0.527. The summed E-state index contributed by atoms with van der Waals surface area (Å²) in [6.07, 6.45) is 1.94. The van der Waals surface area contributed by atoms with Crippen molar-refractivity contribution in [3.8, 4) is 5.75 Å². The highest BCUT2D eigenvalue weighted by molar-refractivity contribution is 5.82. The molecule has 0 radical (unpaired) electrons. The van der Waals surface area contributed by atoms with Crippen LogP contribution in [0.1, 0.15) is 11.3 Å². The average molecular weight is 268 g/mol. The summed E-state index contributed by atoms with van der Waals surface area (Å²) in [6, 6.07) is 9.80. The number of methoxy groups -OCH3 is 1. The van der Waals surface area contributed by atoms with Crippen molar-refractivity contribution in [3.05, 3.63) is 47.8 Å². The molecule has 0 saturated carbocycles. The molecule has 3 rings (SSSR count). The Morgan fingerprint density at radius 1 is 1.25 bits per heavy atom. The van der Waals surface area contributed by atoms with E-state index in [2.05, 4.69) is 10.1 Å². The third-order valence-corrected chi connectivity index (χ3v) is 3.24. The molecule has 102 valence electrons. The van der Waals surface area contributed by atoms with Crippen molar-refractivity contribution in [3.63, 3.8) is 0 Å². The smallest absolute Gasteiger partial charge is 0.129 e. The molecule has 0 aliphatic rings. The fourth-order valence-electron chi connectivity index (χ4n) is 2.18. The molecule has 5 nitrogen and oxygen atoms in total. The van der Waals surface area contributed by atoms with E-state index in [1.165, 1.54) is 0 Å². The first-order chi connectivity index (χ1) is 9.65. The number of hydrogen-bond donors (Lipinski definition) is 1. The molecule has 0 spiro atoms. The number of nitrogens with two attached hydrogens (primary N) is 1. The minimum Gasteiger partial charge on any atom is -0.497 e. The maximum atomic E-state index is 6.04. The van der Waals surface area contributed by atoms with Crippen LogP contribution in [0.4, 0.5) is 5.82 Å². The van der Waals surface area contributed by atoms with Crippen molar-refractivity contribution in [2.45, 2.75) is 13.5 Å². The van der Waals surface area contributed by atoms with Gasteiger partial charge in [-0.1, -0.05) is 0 Å². The second kappa shape index (κ2) is 4.85. The van der Waals surface area contributed by atoms with E-state index in [0.717, 1.165) is 27.9 Å². The van der Waals surface area contributed by atoms with E-state index < -0.39 is 0 Å². The van der Waals surface area contributed by atoms with Crippen molar-refractivity contribution >= 4 is 16.7 Å². The molecule has 5 heteroatoms. The summed E-state index contributed by atoms with van der Waals surface area (Å²) in [5.74, 6) is 1.30. The first-order valence-corrected chi connectivity index (χ1v) is 6.39. The molecule has 3 aromatic rings. The zero-order chi connectivity index (χ0) is 14.1. The molecular weight excluding hydrogens is 252 g/mol. The van der Waals surface area contributed by atoms with Crippen LogP contribution in [0.2, 0.25) is 0 Å². The number of hydrogen-bond acceptors (Lipinski definition) is 4. The Bertz CT molecular complexity index is 764. The second-order valence-corrected chi connectivity index (χ2v) is 4.75. The third kappa shape index (κ3) is 2.30. The van der Waals surface area contributed by atoms with Crippen molar-refractivity contribution in [2.24, 2.45) is 0 Å². The molecule has 0 aliphatic carbocycles. The van der Waals surface area contributed by atoms with Gasteiger partial charge in [0.05, 0.1) is 24.9 Å². The van der Waals surface area contributed by atoms with E-state index in [1.807, 2.05) is 48.1 Å². The van der Waals surface area contributed by atoms with Gasteiger partial charge in [-0.25, -0.2) is 4.98 Å². The van der Waals surface area contributed by atoms with Crippen LogP contribution in [0.15, 0.2) is 36.5 Å². The van der Waals surface area contributed by atoms with Gasteiger partial charge in [0.25, 0.3) is 0 Å². The lowest BCUT2D eigenvalue weighted by Crippen LogP contribution is -2.05. The van der Waals surface area contributed by atoms with Gasteiger partial charge in [0.1, 0.15) is 11.6 Å². The predicted octanol–water partition coefficient (Wildman–Crippen LogP) is 2.38. The topological polar surface area (TPSA) is 66.0 Å². The first-order valence-electron chi connectivity index (χ1n) is 6.39. The number of aryl methyl sites for hydroxylation is 1. The fraction of sp³-hybridized carbons (Fsp3) is 0.200. The van der Waals surface area contributed by atoms with Crippen LogP contribution >= 0.6 is 0 Å². The largest absolute Gasteiger partial charge is 0.497 e. The molecule has 0 aliphatic heterocycles. The highest BCUT2D eigenvalue weighted by Gasteiger charge is 2.06. The predicted molar refractivity (Wildman–Crippen MR) is 78.8 cm³/mol. The Hall–Kier alpha value is -2.56. The fourth-order valence-corrected chi connectivity index (χ4v) is 2.18. The molecular formula is C15H16N4O. The number of nitrogen functional groups attached to an aromatic ring is 1. The van der Waals surface area contributed by atoms with Gasteiger partial charge in [0.15, 0.2) is 0 Å². The molecule has 2 N–H and O–H groups in total. The summed E-state index contributed by atoms with van der Waals surface area (Å²) >= 11 is 0. The maximum Gasteiger partial charge on any atom is 0.129 e. The lowest BCUT2D eigenvalue weighted by molar-refractivity contribution is 0.415. The number of anilines is 1. The quantitative estimate of drug-likeness (QED) is 0.792. The van der Waals surface area contributed by atoms with E-state index in [9.17, 15) is 0 Å². The SMILES string of the molecule is COc1ccc2cc(Cn3ccc(C)n3)c(N)nc2c1. The number of nitrogens with zero attached hydrogens (tertiary/aromatic N) is 3.